The highest BCUT2D eigenvalue weighted by Crippen LogP contribution is 2.34. The van der Waals surface area contributed by atoms with Crippen LogP contribution in [-0.2, 0) is 5.41 Å². The van der Waals surface area contributed by atoms with Crippen LogP contribution in [0.5, 0.6) is 0 Å². The van der Waals surface area contributed by atoms with E-state index in [-0.39, 0.29) is 5.41 Å². The van der Waals surface area contributed by atoms with E-state index >= 15 is 0 Å². The van der Waals surface area contributed by atoms with Crippen LogP contribution in [0, 0.1) is 0 Å². The molecule has 0 spiro atoms. The van der Waals surface area contributed by atoms with E-state index in [4.69, 9.17) is 20.7 Å². The van der Waals surface area contributed by atoms with Gasteiger partial charge in [0.25, 0.3) is 0 Å². The van der Waals surface area contributed by atoms with Gasteiger partial charge in [0, 0.05) is 33.4 Å². The van der Waals surface area contributed by atoms with E-state index < -0.39 is 0 Å². The molecule has 3 aromatic carbocycles. The maximum atomic E-state index is 6.52. The molecule has 2 N–H and O–H groups in total. The van der Waals surface area contributed by atoms with Crippen molar-refractivity contribution in [2.24, 2.45) is 5.73 Å². The molecule has 5 rings (SSSR count). The van der Waals surface area contributed by atoms with Gasteiger partial charge in [-0.15, -0.1) is 0 Å². The first kappa shape index (κ1) is 21.5. The number of aromatic nitrogens is 3. The second kappa shape index (κ2) is 8.91. The molecule has 1 aliphatic rings. The molecule has 1 aliphatic carbocycles. The van der Waals surface area contributed by atoms with E-state index in [9.17, 15) is 0 Å². The topological polar surface area (TPSA) is 64.7 Å². The summed E-state index contributed by atoms with van der Waals surface area (Å²) in [5.74, 6) is 1.90. The summed E-state index contributed by atoms with van der Waals surface area (Å²) in [4.78, 5) is 14.5. The van der Waals surface area contributed by atoms with Crippen molar-refractivity contribution in [2.75, 3.05) is 0 Å². The SMILES string of the molecule is CC1(C)/C=C/C=C\C=C(/N)c2cc(-c3nc(-c4ccccc4)nc(-c4ccccc4)n3)ccc21. The molecule has 4 nitrogen and oxygen atoms in total. The van der Waals surface area contributed by atoms with Crippen LogP contribution in [0.15, 0.2) is 109 Å². The predicted molar refractivity (Wildman–Crippen MR) is 140 cm³/mol. The highest BCUT2D eigenvalue weighted by Gasteiger charge is 2.23. The Balaban J connectivity index is 1.71. The largest absolute Gasteiger partial charge is 0.398 e. The zero-order chi connectivity index (χ0) is 23.5. The molecule has 0 unspecified atom stereocenters. The lowest BCUT2D eigenvalue weighted by Crippen LogP contribution is -2.17. The molecule has 0 fully saturated rings. The van der Waals surface area contributed by atoms with Crippen molar-refractivity contribution in [3.05, 3.63) is 120 Å². The average molecular weight is 443 g/mol. The fourth-order valence-electron chi connectivity index (χ4n) is 4.12. The van der Waals surface area contributed by atoms with Crippen molar-refractivity contribution in [3.63, 3.8) is 0 Å². The summed E-state index contributed by atoms with van der Waals surface area (Å²) in [6.07, 6.45) is 10.2. The molecule has 4 aromatic rings. The van der Waals surface area contributed by atoms with Gasteiger partial charge in [-0.3, -0.25) is 0 Å². The molecule has 1 aromatic heterocycles. The van der Waals surface area contributed by atoms with Crippen molar-refractivity contribution in [2.45, 2.75) is 19.3 Å². The van der Waals surface area contributed by atoms with Gasteiger partial charge in [0.1, 0.15) is 0 Å². The second-order valence-corrected chi connectivity index (χ2v) is 8.89. The first-order valence-electron chi connectivity index (χ1n) is 11.4. The summed E-state index contributed by atoms with van der Waals surface area (Å²) >= 11 is 0. The van der Waals surface area contributed by atoms with Crippen LogP contribution in [-0.4, -0.2) is 15.0 Å². The fraction of sp³-hybridized carbons (Fsp3) is 0.100. The molecule has 34 heavy (non-hydrogen) atoms. The van der Waals surface area contributed by atoms with Crippen LogP contribution in [0.1, 0.15) is 25.0 Å². The second-order valence-electron chi connectivity index (χ2n) is 8.89. The zero-order valence-electron chi connectivity index (χ0n) is 19.3. The Labute approximate surface area is 200 Å². The standard InChI is InChI=1S/C30H26N4/c1-30(2)19-11-5-10-16-26(31)24-20-23(17-18-25(24)30)29-33-27(21-12-6-3-7-13-21)32-28(34-29)22-14-8-4-9-15-22/h3-20H,31H2,1-2H3/b10-5-,19-11+,26-16-. The van der Waals surface area contributed by atoms with Crippen molar-refractivity contribution in [1.82, 2.24) is 15.0 Å². The minimum Gasteiger partial charge on any atom is -0.398 e. The third kappa shape index (κ3) is 4.30. The van der Waals surface area contributed by atoms with Crippen molar-refractivity contribution < 1.29 is 0 Å². The number of allylic oxidation sites excluding steroid dienone is 5. The lowest BCUT2D eigenvalue weighted by Gasteiger charge is -2.25. The van der Waals surface area contributed by atoms with Gasteiger partial charge in [0.05, 0.1) is 0 Å². The summed E-state index contributed by atoms with van der Waals surface area (Å²) in [5.41, 5.74) is 12.0. The van der Waals surface area contributed by atoms with Crippen molar-refractivity contribution in [3.8, 4) is 34.2 Å². The van der Waals surface area contributed by atoms with Crippen LogP contribution in [0.2, 0.25) is 0 Å². The highest BCUT2D eigenvalue weighted by atomic mass is 15.0. The number of nitrogens with two attached hydrogens (primary N) is 1. The molecule has 166 valence electrons. The molecule has 0 saturated heterocycles. The third-order valence-corrected chi connectivity index (χ3v) is 5.99. The smallest absolute Gasteiger partial charge is 0.164 e. The number of fused-ring (bicyclic) bond motifs is 1. The minimum atomic E-state index is -0.176. The van der Waals surface area contributed by atoms with Gasteiger partial charge in [0.2, 0.25) is 0 Å². The van der Waals surface area contributed by atoms with Gasteiger partial charge in [-0.05, 0) is 17.7 Å². The van der Waals surface area contributed by atoms with Crippen LogP contribution < -0.4 is 5.73 Å². The van der Waals surface area contributed by atoms with Crippen LogP contribution in [0.25, 0.3) is 39.9 Å². The molecule has 0 atom stereocenters. The molecule has 0 bridgehead atoms. The molecule has 0 radical (unpaired) electrons. The van der Waals surface area contributed by atoms with Gasteiger partial charge in [-0.25, -0.2) is 15.0 Å². The summed E-state index contributed by atoms with van der Waals surface area (Å²) in [5, 5.41) is 0. The van der Waals surface area contributed by atoms with E-state index in [0.29, 0.717) is 23.2 Å². The molecular weight excluding hydrogens is 416 g/mol. The van der Waals surface area contributed by atoms with E-state index in [1.807, 2.05) is 78.9 Å². The molecular formula is C30H26N4. The van der Waals surface area contributed by atoms with Gasteiger partial charge >= 0.3 is 0 Å². The van der Waals surface area contributed by atoms with Crippen molar-refractivity contribution in [1.29, 1.82) is 0 Å². The normalized spacial score (nSPS) is 17.9. The molecule has 1 heterocycles. The van der Waals surface area contributed by atoms with Gasteiger partial charge in [0.15, 0.2) is 17.5 Å². The third-order valence-electron chi connectivity index (χ3n) is 5.99. The Bertz CT molecular complexity index is 1360. The Morgan fingerprint density at radius 3 is 1.76 bits per heavy atom. The zero-order valence-corrected chi connectivity index (χ0v) is 19.3. The van der Waals surface area contributed by atoms with Crippen molar-refractivity contribution >= 4 is 5.70 Å². The first-order chi connectivity index (χ1) is 16.5. The quantitative estimate of drug-likeness (QED) is 0.389. The van der Waals surface area contributed by atoms with Crippen LogP contribution in [0.4, 0.5) is 0 Å². The number of benzene rings is 3. The number of hydrogen-bond donors (Lipinski definition) is 1. The minimum absolute atomic E-state index is 0.176. The van der Waals surface area contributed by atoms with Crippen LogP contribution >= 0.6 is 0 Å². The van der Waals surface area contributed by atoms with E-state index in [0.717, 1.165) is 27.8 Å². The number of nitrogens with zero attached hydrogens (tertiary/aromatic N) is 3. The first-order valence-corrected chi connectivity index (χ1v) is 11.4. The monoisotopic (exact) mass is 442 g/mol. The maximum Gasteiger partial charge on any atom is 0.164 e. The Morgan fingerprint density at radius 1 is 0.618 bits per heavy atom. The molecule has 0 saturated carbocycles. The van der Waals surface area contributed by atoms with E-state index in [2.05, 4.69) is 44.2 Å². The molecule has 0 aliphatic heterocycles. The lowest BCUT2D eigenvalue weighted by molar-refractivity contribution is 0.668. The Hall–Kier alpha value is -4.31. The molecule has 0 amide bonds. The van der Waals surface area contributed by atoms with Gasteiger partial charge < -0.3 is 5.73 Å². The summed E-state index contributed by atoms with van der Waals surface area (Å²) in [7, 11) is 0. The summed E-state index contributed by atoms with van der Waals surface area (Å²) in [6, 6.07) is 26.3. The van der Waals surface area contributed by atoms with Crippen LogP contribution in [0.3, 0.4) is 0 Å². The maximum absolute atomic E-state index is 6.52. The van der Waals surface area contributed by atoms with E-state index in [1.54, 1.807) is 0 Å². The molecule has 4 heteroatoms. The average Bonchev–Trinajstić information content (AvgIpc) is 2.93. The fourth-order valence-corrected chi connectivity index (χ4v) is 4.12. The highest BCUT2D eigenvalue weighted by molar-refractivity contribution is 5.75. The Kier molecular flexibility index (Phi) is 5.64. The summed E-state index contributed by atoms with van der Waals surface area (Å²) < 4.78 is 0. The van der Waals surface area contributed by atoms with Gasteiger partial charge in [-0.1, -0.05) is 111 Å². The number of hydrogen-bond acceptors (Lipinski definition) is 4. The van der Waals surface area contributed by atoms with E-state index in [1.165, 1.54) is 0 Å². The Morgan fingerprint density at radius 2 is 1.18 bits per heavy atom. The predicted octanol–water partition coefficient (Wildman–Crippen LogP) is 6.58. The number of rotatable bonds is 3. The van der Waals surface area contributed by atoms with Gasteiger partial charge in [-0.2, -0.15) is 0 Å². The summed E-state index contributed by atoms with van der Waals surface area (Å²) in [6.45, 7) is 4.39. The lowest BCUT2D eigenvalue weighted by atomic mass is 9.80.